The summed E-state index contributed by atoms with van der Waals surface area (Å²) in [7, 11) is 0. The molecule has 4 heteroatoms. The molecule has 0 saturated carbocycles. The van der Waals surface area contributed by atoms with Crippen molar-refractivity contribution < 1.29 is 9.18 Å². The fourth-order valence-electron chi connectivity index (χ4n) is 2.24. The summed E-state index contributed by atoms with van der Waals surface area (Å²) in [6, 6.07) is 2.99. The van der Waals surface area contributed by atoms with Gasteiger partial charge in [0.05, 0.1) is 5.56 Å². The van der Waals surface area contributed by atoms with Crippen LogP contribution in [0.3, 0.4) is 0 Å². The molecule has 1 aliphatic rings. The Hall–Kier alpha value is -1.45. The lowest BCUT2D eigenvalue weighted by molar-refractivity contribution is 0.0697. The van der Waals surface area contributed by atoms with Crippen molar-refractivity contribution in [2.45, 2.75) is 38.6 Å². The fourth-order valence-corrected chi connectivity index (χ4v) is 2.24. The summed E-state index contributed by atoms with van der Waals surface area (Å²) in [4.78, 5) is 17.6. The summed E-state index contributed by atoms with van der Waals surface area (Å²) in [5.41, 5.74) is 0.472. The van der Waals surface area contributed by atoms with Crippen molar-refractivity contribution in [2.75, 3.05) is 6.54 Å². The minimum Gasteiger partial charge on any atom is -0.336 e. The third kappa shape index (κ3) is 2.81. The monoisotopic (exact) mass is 236 g/mol. The molecule has 0 aliphatic carbocycles. The van der Waals surface area contributed by atoms with Crippen LogP contribution in [0.1, 0.15) is 43.0 Å². The van der Waals surface area contributed by atoms with Gasteiger partial charge in [0.25, 0.3) is 5.91 Å². The summed E-state index contributed by atoms with van der Waals surface area (Å²) >= 11 is 0. The average molecular weight is 236 g/mol. The summed E-state index contributed by atoms with van der Waals surface area (Å²) in [5, 5.41) is 0. The SMILES string of the molecule is CC1CCCCCN1C(=O)c1ccc(F)nc1. The molecule has 1 aromatic heterocycles. The zero-order valence-electron chi connectivity index (χ0n) is 10.0. The molecule has 1 saturated heterocycles. The van der Waals surface area contributed by atoms with Crippen molar-refractivity contribution in [1.29, 1.82) is 0 Å². The molecule has 1 aliphatic heterocycles. The number of hydrogen-bond donors (Lipinski definition) is 0. The third-order valence-electron chi connectivity index (χ3n) is 3.29. The average Bonchev–Trinajstić information content (AvgIpc) is 2.54. The van der Waals surface area contributed by atoms with Gasteiger partial charge in [-0.3, -0.25) is 4.79 Å². The van der Waals surface area contributed by atoms with Gasteiger partial charge in [0.1, 0.15) is 0 Å². The topological polar surface area (TPSA) is 33.2 Å². The quantitative estimate of drug-likeness (QED) is 0.702. The first kappa shape index (κ1) is 12.0. The lowest BCUT2D eigenvalue weighted by atomic mass is 10.1. The second-order valence-electron chi connectivity index (χ2n) is 4.57. The van der Waals surface area contributed by atoms with Crippen molar-refractivity contribution in [2.24, 2.45) is 0 Å². The van der Waals surface area contributed by atoms with Crippen LogP contribution in [0.4, 0.5) is 4.39 Å². The first-order valence-corrected chi connectivity index (χ1v) is 6.11. The zero-order valence-corrected chi connectivity index (χ0v) is 10.0. The highest BCUT2D eigenvalue weighted by molar-refractivity contribution is 5.94. The van der Waals surface area contributed by atoms with Gasteiger partial charge >= 0.3 is 0 Å². The molecule has 3 nitrogen and oxygen atoms in total. The Morgan fingerprint density at radius 2 is 2.24 bits per heavy atom. The van der Waals surface area contributed by atoms with Gasteiger partial charge in [-0.05, 0) is 31.9 Å². The van der Waals surface area contributed by atoms with Crippen molar-refractivity contribution in [3.05, 3.63) is 29.8 Å². The first-order chi connectivity index (χ1) is 8.18. The van der Waals surface area contributed by atoms with Crippen LogP contribution >= 0.6 is 0 Å². The number of rotatable bonds is 1. The molecule has 1 unspecified atom stereocenters. The predicted octanol–water partition coefficient (Wildman–Crippen LogP) is 2.63. The predicted molar refractivity (Wildman–Crippen MR) is 63.2 cm³/mol. The van der Waals surface area contributed by atoms with E-state index in [-0.39, 0.29) is 11.9 Å². The molecule has 0 spiro atoms. The third-order valence-corrected chi connectivity index (χ3v) is 3.29. The van der Waals surface area contributed by atoms with Gasteiger partial charge in [-0.1, -0.05) is 12.8 Å². The van der Waals surface area contributed by atoms with Crippen molar-refractivity contribution in [1.82, 2.24) is 9.88 Å². The first-order valence-electron chi connectivity index (χ1n) is 6.11. The van der Waals surface area contributed by atoms with Crippen molar-refractivity contribution in [3.8, 4) is 0 Å². The number of hydrogen-bond acceptors (Lipinski definition) is 2. The van der Waals surface area contributed by atoms with Gasteiger partial charge < -0.3 is 4.90 Å². The van der Waals surface area contributed by atoms with Crippen molar-refractivity contribution >= 4 is 5.91 Å². The van der Waals surface area contributed by atoms with E-state index in [1.165, 1.54) is 31.2 Å². The highest BCUT2D eigenvalue weighted by Gasteiger charge is 2.23. The van der Waals surface area contributed by atoms with E-state index in [1.54, 1.807) is 0 Å². The van der Waals surface area contributed by atoms with E-state index in [1.807, 2.05) is 4.90 Å². The number of carbonyl (C=O) groups excluding carboxylic acids is 1. The highest BCUT2D eigenvalue weighted by Crippen LogP contribution is 2.18. The van der Waals surface area contributed by atoms with E-state index in [0.717, 1.165) is 19.4 Å². The van der Waals surface area contributed by atoms with Gasteiger partial charge in [-0.2, -0.15) is 4.39 Å². The van der Waals surface area contributed by atoms with Crippen LogP contribution in [0.2, 0.25) is 0 Å². The van der Waals surface area contributed by atoms with E-state index >= 15 is 0 Å². The number of pyridine rings is 1. The van der Waals surface area contributed by atoms with Gasteiger partial charge in [-0.15, -0.1) is 0 Å². The Morgan fingerprint density at radius 1 is 1.41 bits per heavy atom. The van der Waals surface area contributed by atoms with Crippen LogP contribution in [0.5, 0.6) is 0 Å². The second-order valence-corrected chi connectivity index (χ2v) is 4.57. The summed E-state index contributed by atoms with van der Waals surface area (Å²) in [6.07, 6.45) is 5.75. The Kier molecular flexibility index (Phi) is 3.71. The van der Waals surface area contributed by atoms with Crippen LogP contribution in [-0.4, -0.2) is 28.4 Å². The van der Waals surface area contributed by atoms with E-state index in [2.05, 4.69) is 11.9 Å². The molecule has 1 amide bonds. The molecule has 0 N–H and O–H groups in total. The van der Waals surface area contributed by atoms with E-state index < -0.39 is 5.95 Å². The maximum absolute atomic E-state index is 12.7. The van der Waals surface area contributed by atoms with Crippen LogP contribution < -0.4 is 0 Å². The molecule has 0 bridgehead atoms. The Morgan fingerprint density at radius 3 is 2.94 bits per heavy atom. The lowest BCUT2D eigenvalue weighted by Gasteiger charge is -2.27. The summed E-state index contributed by atoms with van der Waals surface area (Å²) < 4.78 is 12.7. The molecule has 2 heterocycles. The van der Waals surface area contributed by atoms with E-state index in [9.17, 15) is 9.18 Å². The van der Waals surface area contributed by atoms with Crippen LogP contribution in [-0.2, 0) is 0 Å². The van der Waals surface area contributed by atoms with E-state index in [0.29, 0.717) is 5.56 Å². The zero-order chi connectivity index (χ0) is 12.3. The van der Waals surface area contributed by atoms with Gasteiger partial charge in [-0.25, -0.2) is 4.98 Å². The molecule has 1 atom stereocenters. The molecule has 2 rings (SSSR count). The molecule has 0 radical (unpaired) electrons. The minimum atomic E-state index is -0.550. The number of amides is 1. The molecule has 92 valence electrons. The molecule has 1 aromatic rings. The molecule has 0 aromatic carbocycles. The van der Waals surface area contributed by atoms with Gasteiger partial charge in [0.2, 0.25) is 5.95 Å². The second kappa shape index (κ2) is 5.25. The number of halogens is 1. The molecule has 17 heavy (non-hydrogen) atoms. The highest BCUT2D eigenvalue weighted by atomic mass is 19.1. The van der Waals surface area contributed by atoms with Gasteiger partial charge in [0, 0.05) is 18.8 Å². The molecular weight excluding hydrogens is 219 g/mol. The maximum atomic E-state index is 12.7. The number of aromatic nitrogens is 1. The number of likely N-dealkylation sites (tertiary alicyclic amines) is 1. The lowest BCUT2D eigenvalue weighted by Crippen LogP contribution is -2.38. The summed E-state index contributed by atoms with van der Waals surface area (Å²) in [6.45, 7) is 2.86. The number of carbonyl (C=O) groups is 1. The Labute approximate surface area is 101 Å². The maximum Gasteiger partial charge on any atom is 0.255 e. The van der Waals surface area contributed by atoms with Gasteiger partial charge in [0.15, 0.2) is 0 Å². The fraction of sp³-hybridized carbons (Fsp3) is 0.538. The summed E-state index contributed by atoms with van der Waals surface area (Å²) in [5.74, 6) is -0.586. The smallest absolute Gasteiger partial charge is 0.255 e. The van der Waals surface area contributed by atoms with Crippen LogP contribution in [0, 0.1) is 5.95 Å². The van der Waals surface area contributed by atoms with Crippen LogP contribution in [0.15, 0.2) is 18.3 Å². The Bertz CT molecular complexity index is 391. The molecular formula is C13H17FN2O. The van der Waals surface area contributed by atoms with E-state index in [4.69, 9.17) is 0 Å². The largest absolute Gasteiger partial charge is 0.336 e. The minimum absolute atomic E-state index is 0.0353. The Balaban J connectivity index is 2.15. The van der Waals surface area contributed by atoms with Crippen LogP contribution in [0.25, 0.3) is 0 Å². The van der Waals surface area contributed by atoms with Crippen molar-refractivity contribution in [3.63, 3.8) is 0 Å². The standard InChI is InChI=1S/C13H17FN2O/c1-10-5-3-2-4-8-16(10)13(17)11-6-7-12(14)15-9-11/h6-7,9-10H,2-5,8H2,1H3. The normalized spacial score (nSPS) is 21.1. The molecule has 1 fully saturated rings. The number of nitrogens with zero attached hydrogens (tertiary/aromatic N) is 2.